The number of unbranched alkanes of at least 4 members (excludes halogenated alkanes) is 1. The van der Waals surface area contributed by atoms with Crippen LogP contribution >= 0.6 is 0 Å². The first kappa shape index (κ1) is 13.6. The van der Waals surface area contributed by atoms with E-state index in [-0.39, 0.29) is 56.8 Å². The molecule has 0 radical (unpaired) electrons. The van der Waals surface area contributed by atoms with Crippen LogP contribution < -0.4 is 51.4 Å². The van der Waals surface area contributed by atoms with Crippen LogP contribution in [-0.2, 0) is 0 Å². The summed E-state index contributed by atoms with van der Waals surface area (Å²) >= 11 is 0. The third-order valence-electron chi connectivity index (χ3n) is 3.94. The molecule has 0 saturated heterocycles. The Morgan fingerprint density at radius 3 is 2.00 bits per heavy atom. The molecule has 3 rings (SSSR count). The van der Waals surface area contributed by atoms with Gasteiger partial charge in [0.05, 0.1) is 0 Å². The summed E-state index contributed by atoms with van der Waals surface area (Å²) in [6.45, 7) is -2.46. The maximum Gasteiger partial charge on any atom is 1.00 e. The van der Waals surface area contributed by atoms with E-state index >= 15 is 0 Å². The van der Waals surface area contributed by atoms with Crippen LogP contribution in [0.1, 0.15) is 45.4 Å². The van der Waals surface area contributed by atoms with Crippen molar-refractivity contribution in [1.82, 2.24) is 0 Å². The minimum atomic E-state index is -4.55. The van der Waals surface area contributed by atoms with Crippen LogP contribution in [0.15, 0.2) is 0 Å². The van der Waals surface area contributed by atoms with Crippen LogP contribution in [-0.4, -0.2) is 6.98 Å². The molecule has 0 aliphatic heterocycles. The van der Waals surface area contributed by atoms with E-state index in [0.717, 1.165) is 19.3 Å². The Balaban J connectivity index is 0.000000980. The second kappa shape index (κ2) is 4.06. The summed E-state index contributed by atoms with van der Waals surface area (Å²) in [4.78, 5) is 0. The summed E-state index contributed by atoms with van der Waals surface area (Å²) in [7, 11) is 0. The Morgan fingerprint density at radius 2 is 1.64 bits per heavy atom. The summed E-state index contributed by atoms with van der Waals surface area (Å²) in [5, 5.41) is -1.17. The molecule has 3 fully saturated rings. The summed E-state index contributed by atoms with van der Waals surface area (Å²) in [6.07, 6.45) is 4.57. The van der Waals surface area contributed by atoms with E-state index < -0.39 is 12.3 Å². The van der Waals surface area contributed by atoms with Crippen LogP contribution in [0.4, 0.5) is 12.9 Å². The van der Waals surface area contributed by atoms with Gasteiger partial charge in [-0.2, -0.15) is 0 Å². The minimum Gasteiger partial charge on any atom is -0.449 e. The van der Waals surface area contributed by atoms with Gasteiger partial charge in [-0.3, -0.25) is 0 Å². The minimum absolute atomic E-state index is 0. The van der Waals surface area contributed by atoms with E-state index in [1.807, 2.05) is 0 Å². The Labute approximate surface area is 126 Å². The summed E-state index contributed by atoms with van der Waals surface area (Å²) < 4.78 is 37.4. The molecule has 0 N–H and O–H groups in total. The predicted octanol–water partition coefficient (Wildman–Crippen LogP) is 0.952. The number of hydrogen-bond acceptors (Lipinski definition) is 0. The smallest absolute Gasteiger partial charge is 0.449 e. The molecule has 76 valence electrons. The average Bonchev–Trinajstić information content (AvgIpc) is 1.78. The van der Waals surface area contributed by atoms with Gasteiger partial charge in [0.15, 0.2) is 0 Å². The first-order chi connectivity index (χ1) is 5.93. The van der Waals surface area contributed by atoms with Crippen molar-refractivity contribution in [3.8, 4) is 0 Å². The molecule has 0 aromatic carbocycles. The molecule has 0 unspecified atom stereocenters. The molecule has 0 heterocycles. The van der Waals surface area contributed by atoms with E-state index in [4.69, 9.17) is 0 Å². The number of hydrogen-bond donors (Lipinski definition) is 0. The van der Waals surface area contributed by atoms with E-state index in [0.29, 0.717) is 19.3 Å². The molecule has 0 amide bonds. The normalized spacial score (nSPS) is 39.4. The zero-order chi connectivity index (χ0) is 9.74. The molecule has 2 bridgehead atoms. The molecular weight excluding hydrogens is 215 g/mol. The molecule has 0 spiro atoms. The van der Waals surface area contributed by atoms with Crippen molar-refractivity contribution in [1.29, 1.82) is 0 Å². The van der Waals surface area contributed by atoms with Gasteiger partial charge in [-0.15, -0.1) is 0 Å². The second-order valence-electron chi connectivity index (χ2n) is 5.07. The summed E-state index contributed by atoms with van der Waals surface area (Å²) in [5.74, 6) is 0. The maximum absolute atomic E-state index is 12.5. The molecule has 0 aromatic heterocycles. The molecule has 14 heavy (non-hydrogen) atoms. The van der Waals surface area contributed by atoms with Gasteiger partial charge >= 0.3 is 58.4 Å². The van der Waals surface area contributed by atoms with E-state index in [1.54, 1.807) is 0 Å². The predicted molar refractivity (Wildman–Crippen MR) is 47.6 cm³/mol. The number of rotatable bonds is 4. The van der Waals surface area contributed by atoms with Crippen LogP contribution in [0.25, 0.3) is 0 Å². The molecule has 0 atom stereocenters. The fourth-order valence-corrected chi connectivity index (χ4v) is 3.25. The van der Waals surface area contributed by atoms with Gasteiger partial charge in [0.25, 0.3) is 0 Å². The van der Waals surface area contributed by atoms with Gasteiger partial charge in [-0.1, -0.05) is 44.3 Å². The topological polar surface area (TPSA) is 0 Å². The number of halogens is 3. The van der Waals surface area contributed by atoms with Gasteiger partial charge in [0, 0.05) is 0 Å². The Kier molecular flexibility index (Phi) is 3.93. The van der Waals surface area contributed by atoms with E-state index in [2.05, 4.69) is 6.92 Å². The molecule has 3 saturated carbocycles. The third kappa shape index (κ3) is 1.88. The van der Waals surface area contributed by atoms with Crippen LogP contribution in [0, 0.1) is 5.41 Å². The monoisotopic (exact) mass is 230 g/mol. The Bertz CT molecular complexity index is 207. The first-order valence-corrected chi connectivity index (χ1v) is 5.13. The van der Waals surface area contributed by atoms with Crippen molar-refractivity contribution in [2.24, 2.45) is 5.41 Å². The zero-order valence-corrected chi connectivity index (χ0v) is 12.1. The molecule has 0 nitrogen and oxygen atoms in total. The van der Waals surface area contributed by atoms with Gasteiger partial charge < -0.3 is 12.9 Å². The fourth-order valence-electron chi connectivity index (χ4n) is 3.25. The van der Waals surface area contributed by atoms with Gasteiger partial charge in [-0.25, -0.2) is 0 Å². The first-order valence-electron chi connectivity index (χ1n) is 5.13. The molecule has 0 aromatic rings. The second-order valence-corrected chi connectivity index (χ2v) is 5.07. The summed E-state index contributed by atoms with van der Waals surface area (Å²) in [6, 6.07) is 0. The van der Waals surface area contributed by atoms with Crippen molar-refractivity contribution in [2.75, 3.05) is 0 Å². The van der Waals surface area contributed by atoms with E-state index in [9.17, 15) is 12.9 Å². The Morgan fingerprint density at radius 1 is 1.14 bits per heavy atom. The van der Waals surface area contributed by atoms with Crippen molar-refractivity contribution in [3.05, 3.63) is 0 Å². The summed E-state index contributed by atoms with van der Waals surface area (Å²) in [5.41, 5.74) is 0.132. The molecular formula is C9H15BF3K. The van der Waals surface area contributed by atoms with Crippen LogP contribution in [0.5, 0.6) is 0 Å². The maximum atomic E-state index is 12.5. The Hall–Kier alpha value is 1.49. The zero-order valence-electron chi connectivity index (χ0n) is 8.95. The quantitative estimate of drug-likeness (QED) is 0.631. The van der Waals surface area contributed by atoms with Crippen LogP contribution in [0.3, 0.4) is 0 Å². The van der Waals surface area contributed by atoms with Gasteiger partial charge in [0.2, 0.25) is 0 Å². The van der Waals surface area contributed by atoms with Crippen molar-refractivity contribution >= 4 is 6.98 Å². The van der Waals surface area contributed by atoms with Crippen LogP contribution in [0.2, 0.25) is 5.31 Å². The van der Waals surface area contributed by atoms with Crippen molar-refractivity contribution in [3.63, 3.8) is 0 Å². The molecule has 5 heteroatoms. The van der Waals surface area contributed by atoms with Gasteiger partial charge in [-0.05, 0) is 11.8 Å². The largest absolute Gasteiger partial charge is 1.00 e. The molecule has 3 aliphatic rings. The van der Waals surface area contributed by atoms with E-state index in [1.165, 1.54) is 0 Å². The fraction of sp³-hybridized carbons (Fsp3) is 1.00. The average molecular weight is 230 g/mol. The molecule has 3 aliphatic carbocycles. The third-order valence-corrected chi connectivity index (χ3v) is 3.94. The SMILES string of the molecule is CCCCC12CC([B-](F)(F)F)(C1)C2.[K+]. The standard InChI is InChI=1S/C9H15BF3.K/c1-2-3-4-8-5-9(6-8,7-8)10(11,12)13;/h2-7H2,1H3;/q-1;+1. The van der Waals surface area contributed by atoms with Crippen molar-refractivity contribution < 1.29 is 64.3 Å². The van der Waals surface area contributed by atoms with Gasteiger partial charge in [0.1, 0.15) is 0 Å². The van der Waals surface area contributed by atoms with Crippen molar-refractivity contribution in [2.45, 2.75) is 50.8 Å².